The van der Waals surface area contributed by atoms with E-state index >= 15 is 0 Å². The van der Waals surface area contributed by atoms with Crippen LogP contribution in [0.15, 0.2) is 64.6 Å². The third-order valence-corrected chi connectivity index (χ3v) is 8.36. The quantitative estimate of drug-likeness (QED) is 0.222. The molecule has 0 bridgehead atoms. The third kappa shape index (κ3) is 6.28. The molecule has 1 aliphatic rings. The number of rotatable bonds is 7. The Morgan fingerprint density at radius 1 is 1.28 bits per heavy atom. The maximum atomic E-state index is 13.6. The lowest BCUT2D eigenvalue weighted by Gasteiger charge is -2.33. The molecule has 1 aliphatic carbocycles. The number of nitrogens with one attached hydrogen (secondary N) is 1. The summed E-state index contributed by atoms with van der Waals surface area (Å²) in [6, 6.07) is 12.9. The zero-order valence-corrected chi connectivity index (χ0v) is 23.9. The summed E-state index contributed by atoms with van der Waals surface area (Å²) in [4.78, 5) is 19.6. The van der Waals surface area contributed by atoms with Gasteiger partial charge in [0.1, 0.15) is 17.4 Å². The van der Waals surface area contributed by atoms with Crippen LogP contribution in [-0.2, 0) is 12.8 Å². The van der Waals surface area contributed by atoms with Gasteiger partial charge >= 0.3 is 0 Å². The van der Waals surface area contributed by atoms with Gasteiger partial charge in [0.05, 0.1) is 5.56 Å². The number of hydrogen-bond donors (Lipinski definition) is 1. The highest BCUT2D eigenvalue weighted by Crippen LogP contribution is 2.45. The normalized spacial score (nSPS) is 15.5. The zero-order chi connectivity index (χ0) is 25.9. The highest BCUT2D eigenvalue weighted by molar-refractivity contribution is 9.10. The molecule has 1 atom stereocenters. The first-order chi connectivity index (χ1) is 17.2. The summed E-state index contributed by atoms with van der Waals surface area (Å²) in [6.07, 6.45) is 6.38. The molecule has 0 aliphatic heterocycles. The van der Waals surface area contributed by atoms with Crippen molar-refractivity contribution in [3.8, 4) is 5.75 Å². The van der Waals surface area contributed by atoms with Crippen molar-refractivity contribution >= 4 is 61.7 Å². The number of fused-ring (bicyclic) bond motifs is 1. The molecule has 0 saturated carbocycles. The molecule has 4 rings (SSSR count). The molecule has 0 radical (unpaired) electrons. The molecule has 1 heterocycles. The molecule has 0 unspecified atom stereocenters. The van der Waals surface area contributed by atoms with Crippen molar-refractivity contribution in [3.05, 3.63) is 86.2 Å². The number of thiophene rings is 1. The molecule has 3 aromatic rings. The SMILES string of the molecule is C=CCOc1ccc(Br)cc1C=Nc1sc2c(c1C(=O)Nc1ccc(Cl)cc1)CC[C@H](C(C)(C)C)C2. The van der Waals surface area contributed by atoms with Crippen LogP contribution < -0.4 is 10.1 Å². The molecule has 0 saturated heterocycles. The lowest BCUT2D eigenvalue weighted by atomic mass is 9.72. The highest BCUT2D eigenvalue weighted by atomic mass is 79.9. The van der Waals surface area contributed by atoms with Crippen molar-refractivity contribution in [2.24, 2.45) is 16.3 Å². The van der Waals surface area contributed by atoms with Crippen LogP contribution in [0.3, 0.4) is 0 Å². The zero-order valence-electron chi connectivity index (χ0n) is 20.7. The second kappa shape index (κ2) is 11.3. The van der Waals surface area contributed by atoms with Gasteiger partial charge in [0.15, 0.2) is 0 Å². The van der Waals surface area contributed by atoms with Crippen LogP contribution in [0, 0.1) is 11.3 Å². The first kappa shape index (κ1) is 26.6. The van der Waals surface area contributed by atoms with Crippen molar-refractivity contribution < 1.29 is 9.53 Å². The average molecular weight is 586 g/mol. The van der Waals surface area contributed by atoms with E-state index < -0.39 is 0 Å². The number of nitrogens with zero attached hydrogens (tertiary/aromatic N) is 1. The Morgan fingerprint density at radius 2 is 2.03 bits per heavy atom. The first-order valence-electron chi connectivity index (χ1n) is 11.9. The van der Waals surface area contributed by atoms with Gasteiger partial charge in [-0.1, -0.05) is 61.0 Å². The number of ether oxygens (including phenoxy) is 1. The van der Waals surface area contributed by atoms with Crippen LogP contribution in [0.25, 0.3) is 0 Å². The fourth-order valence-corrected chi connectivity index (χ4v) is 6.16. The Hall–Kier alpha value is -2.41. The second-order valence-electron chi connectivity index (χ2n) is 9.99. The van der Waals surface area contributed by atoms with Crippen molar-refractivity contribution in [2.45, 2.75) is 40.0 Å². The van der Waals surface area contributed by atoms with Crippen molar-refractivity contribution in [2.75, 3.05) is 11.9 Å². The van der Waals surface area contributed by atoms with Gasteiger partial charge in [0.25, 0.3) is 5.91 Å². The lowest BCUT2D eigenvalue weighted by Crippen LogP contribution is -2.27. The summed E-state index contributed by atoms with van der Waals surface area (Å²) in [5.74, 6) is 1.13. The maximum absolute atomic E-state index is 13.6. The lowest BCUT2D eigenvalue weighted by molar-refractivity contribution is 0.102. The van der Waals surface area contributed by atoms with E-state index in [0.29, 0.717) is 34.5 Å². The predicted octanol–water partition coefficient (Wildman–Crippen LogP) is 8.88. The minimum atomic E-state index is -0.145. The van der Waals surface area contributed by atoms with Gasteiger partial charge < -0.3 is 10.1 Å². The largest absolute Gasteiger partial charge is 0.489 e. The van der Waals surface area contributed by atoms with Crippen LogP contribution in [0.5, 0.6) is 5.75 Å². The van der Waals surface area contributed by atoms with E-state index in [0.717, 1.165) is 39.9 Å². The number of halogens is 2. The van der Waals surface area contributed by atoms with E-state index in [2.05, 4.69) is 48.6 Å². The Balaban J connectivity index is 1.72. The molecule has 7 heteroatoms. The van der Waals surface area contributed by atoms with Gasteiger partial charge in [0, 0.05) is 31.8 Å². The molecule has 36 heavy (non-hydrogen) atoms. The highest BCUT2D eigenvalue weighted by Gasteiger charge is 2.33. The maximum Gasteiger partial charge on any atom is 0.259 e. The Labute approximate surface area is 230 Å². The Kier molecular flexibility index (Phi) is 8.38. The monoisotopic (exact) mass is 584 g/mol. The molecule has 2 aromatic carbocycles. The van der Waals surface area contributed by atoms with E-state index in [9.17, 15) is 4.79 Å². The first-order valence-corrected chi connectivity index (χ1v) is 13.9. The van der Waals surface area contributed by atoms with E-state index in [1.165, 1.54) is 4.88 Å². The molecule has 1 amide bonds. The summed E-state index contributed by atoms with van der Waals surface area (Å²) in [5.41, 5.74) is 3.53. The molecule has 188 valence electrons. The van der Waals surface area contributed by atoms with Crippen molar-refractivity contribution in [3.63, 3.8) is 0 Å². The van der Waals surface area contributed by atoms with Crippen LogP contribution in [0.2, 0.25) is 5.02 Å². The van der Waals surface area contributed by atoms with Crippen LogP contribution in [0.4, 0.5) is 10.7 Å². The van der Waals surface area contributed by atoms with Gasteiger partial charge in [-0.2, -0.15) is 0 Å². The van der Waals surface area contributed by atoms with E-state index in [1.807, 2.05) is 30.3 Å². The van der Waals surface area contributed by atoms with Gasteiger partial charge in [-0.15, -0.1) is 11.3 Å². The summed E-state index contributed by atoms with van der Waals surface area (Å²) in [6.45, 7) is 11.0. The number of aliphatic imine (C=N–C) groups is 1. The smallest absolute Gasteiger partial charge is 0.259 e. The second-order valence-corrected chi connectivity index (χ2v) is 12.4. The van der Waals surface area contributed by atoms with E-state index in [1.54, 1.807) is 35.8 Å². The third-order valence-electron chi connectivity index (χ3n) is 6.45. The number of amides is 1. The van der Waals surface area contributed by atoms with Gasteiger partial charge in [0.2, 0.25) is 0 Å². The standard InChI is InChI=1S/C29H30BrClN2O2S/c1-5-14-35-24-13-7-20(30)15-18(24)17-32-28-26(27(34)33-22-10-8-21(31)9-11-22)23-12-6-19(29(2,3)4)16-25(23)36-28/h5,7-11,13,15,17,19H,1,6,12,14,16H2,2-4H3,(H,33,34)/t19-/m0/s1. The Bertz CT molecular complexity index is 1290. The molecule has 4 nitrogen and oxygen atoms in total. The molecule has 1 aromatic heterocycles. The van der Waals surface area contributed by atoms with E-state index in [-0.39, 0.29) is 11.3 Å². The summed E-state index contributed by atoms with van der Waals surface area (Å²) in [7, 11) is 0. The number of anilines is 1. The minimum absolute atomic E-state index is 0.145. The number of carbonyl (C=O) groups excluding carboxylic acids is 1. The van der Waals surface area contributed by atoms with E-state index in [4.69, 9.17) is 21.3 Å². The molecular formula is C29H30BrClN2O2S. The summed E-state index contributed by atoms with van der Waals surface area (Å²) >= 11 is 11.2. The van der Waals surface area contributed by atoms with Crippen LogP contribution in [0.1, 0.15) is 53.6 Å². The fourth-order valence-electron chi connectivity index (χ4n) is 4.39. The fraction of sp³-hybridized carbons (Fsp3) is 0.310. The molecule has 0 spiro atoms. The van der Waals surface area contributed by atoms with Gasteiger partial charge in [-0.25, -0.2) is 4.99 Å². The number of benzene rings is 2. The topological polar surface area (TPSA) is 50.7 Å². The minimum Gasteiger partial charge on any atom is -0.489 e. The molecule has 1 N–H and O–H groups in total. The van der Waals surface area contributed by atoms with Crippen LogP contribution in [-0.4, -0.2) is 18.7 Å². The summed E-state index contributed by atoms with van der Waals surface area (Å²) < 4.78 is 6.74. The van der Waals surface area contributed by atoms with Crippen molar-refractivity contribution in [1.82, 2.24) is 0 Å². The Morgan fingerprint density at radius 3 is 2.72 bits per heavy atom. The summed E-state index contributed by atoms with van der Waals surface area (Å²) in [5, 5.41) is 4.39. The molecular weight excluding hydrogens is 556 g/mol. The molecule has 0 fully saturated rings. The van der Waals surface area contributed by atoms with Crippen LogP contribution >= 0.6 is 38.9 Å². The number of carbonyl (C=O) groups is 1. The number of hydrogen-bond acceptors (Lipinski definition) is 4. The van der Waals surface area contributed by atoms with Gasteiger partial charge in [-0.3, -0.25) is 4.79 Å². The van der Waals surface area contributed by atoms with Gasteiger partial charge in [-0.05, 0) is 78.6 Å². The average Bonchev–Trinajstić information content (AvgIpc) is 3.21. The predicted molar refractivity (Wildman–Crippen MR) is 156 cm³/mol. The van der Waals surface area contributed by atoms with Crippen molar-refractivity contribution in [1.29, 1.82) is 0 Å².